The number of aliphatic carboxylic acids is 1. The van der Waals surface area contributed by atoms with E-state index in [-0.39, 0.29) is 12.5 Å². The molecule has 0 heterocycles. The molecule has 1 rings (SSSR count). The van der Waals surface area contributed by atoms with Gasteiger partial charge in [-0.3, -0.25) is 10.2 Å². The van der Waals surface area contributed by atoms with Crippen LogP contribution in [0.4, 0.5) is 4.79 Å². The summed E-state index contributed by atoms with van der Waals surface area (Å²) in [5, 5.41) is 11.2. The second-order valence-electron chi connectivity index (χ2n) is 3.78. The van der Waals surface area contributed by atoms with Crippen molar-refractivity contribution in [3.8, 4) is 0 Å². The third kappa shape index (κ3) is 6.68. The molecule has 1 atom stereocenters. The zero-order chi connectivity index (χ0) is 12.7. The minimum absolute atomic E-state index is 0.276. The lowest BCUT2D eigenvalue weighted by Crippen LogP contribution is -2.55. The standard InChI is InChI=1S/C8H18N6O3/c9-6(7(15)16)3-4-10-13-14-12-8(17)11-5-1-2-5/h5-6,10,13-14H,1-4,9H2,(H,15,16)(H2,11,12,17). The van der Waals surface area contributed by atoms with Gasteiger partial charge in [0, 0.05) is 12.6 Å². The first-order valence-corrected chi connectivity index (χ1v) is 5.37. The molecule has 8 N–H and O–H groups in total. The van der Waals surface area contributed by atoms with Crippen LogP contribution in [0.15, 0.2) is 0 Å². The summed E-state index contributed by atoms with van der Waals surface area (Å²) in [5.41, 5.74) is 15.2. The van der Waals surface area contributed by atoms with Crippen molar-refractivity contribution >= 4 is 12.0 Å². The lowest BCUT2D eigenvalue weighted by molar-refractivity contribution is -0.138. The van der Waals surface area contributed by atoms with Crippen molar-refractivity contribution in [3.05, 3.63) is 0 Å². The fourth-order valence-corrected chi connectivity index (χ4v) is 0.995. The van der Waals surface area contributed by atoms with Crippen molar-refractivity contribution < 1.29 is 14.7 Å². The van der Waals surface area contributed by atoms with Crippen LogP contribution in [0.1, 0.15) is 19.3 Å². The van der Waals surface area contributed by atoms with Crippen molar-refractivity contribution in [3.63, 3.8) is 0 Å². The Bertz CT molecular complexity index is 270. The number of carboxylic acids is 1. The summed E-state index contributed by atoms with van der Waals surface area (Å²) in [4.78, 5) is 21.4. The van der Waals surface area contributed by atoms with Gasteiger partial charge in [-0.05, 0) is 19.3 Å². The molecule has 0 spiro atoms. The first-order chi connectivity index (χ1) is 8.09. The summed E-state index contributed by atoms with van der Waals surface area (Å²) in [6, 6.07) is -0.919. The predicted molar refractivity (Wildman–Crippen MR) is 59.2 cm³/mol. The van der Waals surface area contributed by atoms with Crippen molar-refractivity contribution in [2.45, 2.75) is 31.3 Å². The molecule has 1 unspecified atom stereocenters. The van der Waals surface area contributed by atoms with Crippen LogP contribution in [-0.4, -0.2) is 35.7 Å². The van der Waals surface area contributed by atoms with E-state index in [1.807, 2.05) is 0 Å². The van der Waals surface area contributed by atoms with E-state index in [9.17, 15) is 9.59 Å². The number of hydrogen-bond donors (Lipinski definition) is 7. The fourth-order valence-electron chi connectivity index (χ4n) is 0.995. The Morgan fingerprint density at radius 1 is 1.35 bits per heavy atom. The van der Waals surface area contributed by atoms with Crippen LogP contribution < -0.4 is 33.0 Å². The van der Waals surface area contributed by atoms with Crippen LogP contribution in [0.2, 0.25) is 0 Å². The van der Waals surface area contributed by atoms with E-state index in [2.05, 4.69) is 27.2 Å². The largest absolute Gasteiger partial charge is 0.480 e. The smallest absolute Gasteiger partial charge is 0.330 e. The number of hydrogen-bond acceptors (Lipinski definition) is 6. The molecule has 9 nitrogen and oxygen atoms in total. The number of urea groups is 1. The summed E-state index contributed by atoms with van der Waals surface area (Å²) in [6.45, 7) is 0.354. The van der Waals surface area contributed by atoms with Gasteiger partial charge in [-0.1, -0.05) is 0 Å². The number of carbonyl (C=O) groups is 2. The van der Waals surface area contributed by atoms with E-state index >= 15 is 0 Å². The molecule has 0 bridgehead atoms. The molecule has 1 saturated carbocycles. The van der Waals surface area contributed by atoms with E-state index in [0.29, 0.717) is 12.6 Å². The van der Waals surface area contributed by atoms with Gasteiger partial charge in [0.1, 0.15) is 6.04 Å². The van der Waals surface area contributed by atoms with E-state index in [0.717, 1.165) is 12.8 Å². The minimum Gasteiger partial charge on any atom is -0.480 e. The number of carboxylic acid groups (broad SMARTS) is 1. The molecule has 0 saturated heterocycles. The van der Waals surface area contributed by atoms with Crippen LogP contribution in [0.5, 0.6) is 0 Å². The van der Waals surface area contributed by atoms with Gasteiger partial charge in [0.25, 0.3) is 0 Å². The Morgan fingerprint density at radius 3 is 2.65 bits per heavy atom. The average molecular weight is 246 g/mol. The van der Waals surface area contributed by atoms with Crippen molar-refractivity contribution in [1.82, 2.24) is 27.2 Å². The zero-order valence-corrected chi connectivity index (χ0v) is 9.32. The molecular formula is C8H18N6O3. The van der Waals surface area contributed by atoms with Gasteiger partial charge in [0.15, 0.2) is 0 Å². The minimum atomic E-state index is -1.04. The van der Waals surface area contributed by atoms with Gasteiger partial charge in [-0.15, -0.1) is 0 Å². The normalized spacial score (nSPS) is 16.3. The maximum atomic E-state index is 11.1. The Kier molecular flexibility index (Phi) is 5.63. The molecular weight excluding hydrogens is 228 g/mol. The van der Waals surface area contributed by atoms with Gasteiger partial charge < -0.3 is 16.2 Å². The number of nitrogens with two attached hydrogens (primary N) is 1. The van der Waals surface area contributed by atoms with Gasteiger partial charge in [0.2, 0.25) is 0 Å². The second-order valence-corrected chi connectivity index (χ2v) is 3.78. The number of hydrazine groups is 3. The van der Waals surface area contributed by atoms with Crippen molar-refractivity contribution in [2.24, 2.45) is 5.73 Å². The highest BCUT2D eigenvalue weighted by molar-refractivity contribution is 5.74. The molecule has 1 aliphatic carbocycles. The molecule has 0 aromatic rings. The van der Waals surface area contributed by atoms with Crippen LogP contribution in [0.25, 0.3) is 0 Å². The summed E-state index contributed by atoms with van der Waals surface area (Å²) < 4.78 is 0. The SMILES string of the molecule is NC(CCNNNNC(=O)NC1CC1)C(=O)O. The summed E-state index contributed by atoms with van der Waals surface area (Å²) >= 11 is 0. The molecule has 0 aromatic heterocycles. The molecule has 1 fully saturated rings. The molecule has 2 amide bonds. The lowest BCUT2D eigenvalue weighted by Gasteiger charge is -2.11. The molecule has 1 aliphatic rings. The maximum absolute atomic E-state index is 11.1. The van der Waals surface area contributed by atoms with E-state index in [1.165, 1.54) is 0 Å². The highest BCUT2D eigenvalue weighted by Crippen LogP contribution is 2.17. The predicted octanol–water partition coefficient (Wildman–Crippen LogP) is -2.24. The first kappa shape index (κ1) is 13.6. The lowest BCUT2D eigenvalue weighted by atomic mass is 10.2. The van der Waals surface area contributed by atoms with Crippen LogP contribution >= 0.6 is 0 Å². The Morgan fingerprint density at radius 2 is 2.06 bits per heavy atom. The van der Waals surface area contributed by atoms with E-state index in [1.54, 1.807) is 0 Å². The third-order valence-corrected chi connectivity index (χ3v) is 2.14. The van der Waals surface area contributed by atoms with E-state index < -0.39 is 12.0 Å². The van der Waals surface area contributed by atoms with Crippen molar-refractivity contribution in [1.29, 1.82) is 0 Å². The number of rotatable bonds is 8. The molecule has 0 aliphatic heterocycles. The number of amides is 2. The summed E-state index contributed by atoms with van der Waals surface area (Å²) in [5.74, 6) is -1.04. The maximum Gasteiger partial charge on any atom is 0.330 e. The Labute approximate surface area is 98.4 Å². The van der Waals surface area contributed by atoms with Gasteiger partial charge >= 0.3 is 12.0 Å². The van der Waals surface area contributed by atoms with Crippen LogP contribution in [0.3, 0.4) is 0 Å². The number of carbonyl (C=O) groups excluding carboxylic acids is 1. The first-order valence-electron chi connectivity index (χ1n) is 5.37. The van der Waals surface area contributed by atoms with Crippen LogP contribution in [-0.2, 0) is 4.79 Å². The van der Waals surface area contributed by atoms with Gasteiger partial charge in [0.05, 0.1) is 0 Å². The Balaban J connectivity index is 1.86. The Hall–Kier alpha value is -1.42. The van der Waals surface area contributed by atoms with Gasteiger partial charge in [-0.25, -0.2) is 10.2 Å². The van der Waals surface area contributed by atoms with Crippen molar-refractivity contribution in [2.75, 3.05) is 6.54 Å². The molecule has 17 heavy (non-hydrogen) atoms. The monoisotopic (exact) mass is 246 g/mol. The topological polar surface area (TPSA) is 141 Å². The second kappa shape index (κ2) is 7.01. The quantitative estimate of drug-likeness (QED) is 0.190. The summed E-state index contributed by atoms with van der Waals surface area (Å²) in [6.07, 6.45) is 2.32. The zero-order valence-electron chi connectivity index (χ0n) is 9.32. The van der Waals surface area contributed by atoms with Gasteiger partial charge in [-0.2, -0.15) is 11.1 Å². The van der Waals surface area contributed by atoms with Crippen LogP contribution in [0, 0.1) is 0 Å². The highest BCUT2D eigenvalue weighted by atomic mass is 16.4. The molecule has 0 aromatic carbocycles. The molecule has 98 valence electrons. The van der Waals surface area contributed by atoms with E-state index in [4.69, 9.17) is 10.8 Å². The molecule has 0 radical (unpaired) electrons. The summed E-state index contributed by atoms with van der Waals surface area (Å²) in [7, 11) is 0. The average Bonchev–Trinajstić information content (AvgIpc) is 3.06. The number of nitrogens with one attached hydrogen (secondary N) is 5. The third-order valence-electron chi connectivity index (χ3n) is 2.14. The highest BCUT2D eigenvalue weighted by Gasteiger charge is 2.22. The fraction of sp³-hybridized carbons (Fsp3) is 0.750. The molecule has 9 heteroatoms.